The van der Waals surface area contributed by atoms with Gasteiger partial charge < -0.3 is 14.5 Å². The Labute approximate surface area is 144 Å². The van der Waals surface area contributed by atoms with Gasteiger partial charge in [-0.1, -0.05) is 0 Å². The summed E-state index contributed by atoms with van der Waals surface area (Å²) >= 11 is 0. The molecule has 2 fully saturated rings. The molecular formula is C19H39N3O. The van der Waals surface area contributed by atoms with E-state index in [1.54, 1.807) is 0 Å². The van der Waals surface area contributed by atoms with E-state index in [4.69, 9.17) is 4.74 Å². The smallest absolute Gasteiger partial charge is 0.0600 e. The topological polar surface area (TPSA) is 19.0 Å². The van der Waals surface area contributed by atoms with E-state index in [-0.39, 0.29) is 5.60 Å². The van der Waals surface area contributed by atoms with Crippen LogP contribution in [0.25, 0.3) is 0 Å². The molecule has 0 aliphatic carbocycles. The first-order chi connectivity index (χ1) is 10.6. The summed E-state index contributed by atoms with van der Waals surface area (Å²) in [5, 5.41) is 0. The van der Waals surface area contributed by atoms with Crippen LogP contribution in [-0.4, -0.2) is 84.8 Å². The molecule has 0 aromatic heterocycles. The van der Waals surface area contributed by atoms with Crippen molar-refractivity contribution in [2.24, 2.45) is 5.92 Å². The van der Waals surface area contributed by atoms with Gasteiger partial charge in [0.25, 0.3) is 0 Å². The predicted molar refractivity (Wildman–Crippen MR) is 98.0 cm³/mol. The van der Waals surface area contributed by atoms with Gasteiger partial charge in [0.2, 0.25) is 0 Å². The van der Waals surface area contributed by atoms with E-state index in [2.05, 4.69) is 56.2 Å². The van der Waals surface area contributed by atoms with Crippen LogP contribution in [0.2, 0.25) is 0 Å². The van der Waals surface area contributed by atoms with Crippen LogP contribution in [0.4, 0.5) is 0 Å². The van der Waals surface area contributed by atoms with Crippen molar-refractivity contribution >= 4 is 0 Å². The molecule has 0 spiro atoms. The number of likely N-dealkylation sites (tertiary alicyclic amines) is 1. The Hall–Kier alpha value is -0.160. The van der Waals surface area contributed by atoms with Gasteiger partial charge in [-0.2, -0.15) is 0 Å². The van der Waals surface area contributed by atoms with Gasteiger partial charge in [-0.3, -0.25) is 4.90 Å². The summed E-state index contributed by atoms with van der Waals surface area (Å²) in [5.74, 6) is 0.908. The van der Waals surface area contributed by atoms with Crippen molar-refractivity contribution in [2.45, 2.75) is 59.1 Å². The Bertz CT molecular complexity index is 345. The zero-order valence-electron chi connectivity index (χ0n) is 16.4. The second-order valence-corrected chi connectivity index (χ2v) is 9.37. The predicted octanol–water partition coefficient (Wildman–Crippen LogP) is 2.54. The average molecular weight is 326 g/mol. The summed E-state index contributed by atoms with van der Waals surface area (Å²) in [5.41, 5.74) is 0.329. The van der Waals surface area contributed by atoms with Gasteiger partial charge in [-0.05, 0) is 60.4 Å². The number of rotatable bonds is 6. The molecule has 0 aromatic rings. The Balaban J connectivity index is 1.51. The summed E-state index contributed by atoms with van der Waals surface area (Å²) in [4.78, 5) is 7.81. The highest BCUT2D eigenvalue weighted by molar-refractivity contribution is 4.84. The summed E-state index contributed by atoms with van der Waals surface area (Å²) in [6, 6.07) is 0. The molecule has 4 heteroatoms. The van der Waals surface area contributed by atoms with E-state index in [1.807, 2.05) is 0 Å². The van der Waals surface area contributed by atoms with E-state index < -0.39 is 0 Å². The number of ether oxygens (including phenoxy) is 1. The van der Waals surface area contributed by atoms with E-state index >= 15 is 0 Å². The highest BCUT2D eigenvalue weighted by atomic mass is 16.5. The van der Waals surface area contributed by atoms with Crippen molar-refractivity contribution < 1.29 is 4.74 Å². The highest BCUT2D eigenvalue weighted by Gasteiger charge is 2.29. The first-order valence-corrected chi connectivity index (χ1v) is 9.47. The lowest BCUT2D eigenvalue weighted by Crippen LogP contribution is -2.54. The molecule has 2 heterocycles. The number of piperazine rings is 1. The van der Waals surface area contributed by atoms with Crippen molar-refractivity contribution in [3.63, 3.8) is 0 Å². The van der Waals surface area contributed by atoms with Crippen molar-refractivity contribution in [2.75, 3.05) is 59.0 Å². The molecule has 0 saturated carbocycles. The molecule has 2 rings (SSSR count). The number of hydrogen-bond donors (Lipinski definition) is 0. The summed E-state index contributed by atoms with van der Waals surface area (Å²) in [6.07, 6.45) is 1.37. The molecule has 0 radical (unpaired) electrons. The Morgan fingerprint density at radius 1 is 0.826 bits per heavy atom. The standard InChI is InChI=1S/C19H39N3O/c1-18(2,3)22-11-9-20(10-12-22)8-7-17-15-21(16-17)13-14-23-19(4,5)6/h17H,7-16H2,1-6H3. The van der Waals surface area contributed by atoms with Crippen LogP contribution in [-0.2, 0) is 4.74 Å². The summed E-state index contributed by atoms with van der Waals surface area (Å²) < 4.78 is 5.81. The van der Waals surface area contributed by atoms with Crippen LogP contribution in [0, 0.1) is 5.92 Å². The van der Waals surface area contributed by atoms with Crippen LogP contribution in [0.15, 0.2) is 0 Å². The highest BCUT2D eigenvalue weighted by Crippen LogP contribution is 2.21. The minimum absolute atomic E-state index is 0.000527. The maximum atomic E-state index is 5.81. The normalized spacial score (nSPS) is 23.2. The molecular weight excluding hydrogens is 286 g/mol. The van der Waals surface area contributed by atoms with Gasteiger partial charge in [-0.15, -0.1) is 0 Å². The zero-order chi connectivity index (χ0) is 17.1. The minimum Gasteiger partial charge on any atom is -0.375 e. The van der Waals surface area contributed by atoms with Crippen LogP contribution >= 0.6 is 0 Å². The van der Waals surface area contributed by atoms with Gasteiger partial charge >= 0.3 is 0 Å². The molecule has 0 N–H and O–H groups in total. The molecule has 0 amide bonds. The maximum absolute atomic E-state index is 5.81. The molecule has 2 aliphatic heterocycles. The van der Waals surface area contributed by atoms with Crippen LogP contribution < -0.4 is 0 Å². The lowest BCUT2D eigenvalue weighted by atomic mass is 9.96. The van der Waals surface area contributed by atoms with Crippen molar-refractivity contribution in [3.05, 3.63) is 0 Å². The minimum atomic E-state index is -0.000527. The third-order valence-electron chi connectivity index (χ3n) is 5.15. The first-order valence-electron chi connectivity index (χ1n) is 9.47. The molecule has 4 nitrogen and oxygen atoms in total. The summed E-state index contributed by atoms with van der Waals surface area (Å²) in [7, 11) is 0. The maximum Gasteiger partial charge on any atom is 0.0600 e. The second kappa shape index (κ2) is 7.81. The monoisotopic (exact) mass is 325 g/mol. The van der Waals surface area contributed by atoms with Crippen molar-refractivity contribution in [1.82, 2.24) is 14.7 Å². The second-order valence-electron chi connectivity index (χ2n) is 9.37. The van der Waals surface area contributed by atoms with Gasteiger partial charge in [0, 0.05) is 51.4 Å². The molecule has 0 aromatic carbocycles. The largest absolute Gasteiger partial charge is 0.375 e. The van der Waals surface area contributed by atoms with E-state index in [0.717, 1.165) is 19.1 Å². The molecule has 23 heavy (non-hydrogen) atoms. The van der Waals surface area contributed by atoms with Crippen LogP contribution in [0.1, 0.15) is 48.0 Å². The fraction of sp³-hybridized carbons (Fsp3) is 1.00. The number of hydrogen-bond acceptors (Lipinski definition) is 4. The quantitative estimate of drug-likeness (QED) is 0.747. The third kappa shape index (κ3) is 6.69. The number of nitrogens with zero attached hydrogens (tertiary/aromatic N) is 3. The SMILES string of the molecule is CC(C)(C)OCCN1CC(CCN2CCN(C(C)(C)C)CC2)C1. The molecule has 0 bridgehead atoms. The molecule has 2 aliphatic rings. The Morgan fingerprint density at radius 3 is 1.96 bits per heavy atom. The Kier molecular flexibility index (Phi) is 6.51. The molecule has 136 valence electrons. The van der Waals surface area contributed by atoms with Crippen molar-refractivity contribution in [1.29, 1.82) is 0 Å². The third-order valence-corrected chi connectivity index (χ3v) is 5.15. The molecule has 0 unspecified atom stereocenters. The van der Waals surface area contributed by atoms with Crippen LogP contribution in [0.3, 0.4) is 0 Å². The average Bonchev–Trinajstić information content (AvgIpc) is 2.38. The van der Waals surface area contributed by atoms with E-state index in [9.17, 15) is 0 Å². The summed E-state index contributed by atoms with van der Waals surface area (Å²) in [6.45, 7) is 24.1. The van der Waals surface area contributed by atoms with Crippen LogP contribution in [0.5, 0.6) is 0 Å². The Morgan fingerprint density at radius 2 is 1.43 bits per heavy atom. The molecule has 0 atom stereocenters. The molecule has 2 saturated heterocycles. The van der Waals surface area contributed by atoms with Gasteiger partial charge in [0.05, 0.1) is 12.2 Å². The van der Waals surface area contributed by atoms with Crippen molar-refractivity contribution in [3.8, 4) is 0 Å². The fourth-order valence-corrected chi connectivity index (χ4v) is 3.53. The van der Waals surface area contributed by atoms with Gasteiger partial charge in [-0.25, -0.2) is 0 Å². The lowest BCUT2D eigenvalue weighted by Gasteiger charge is -2.44. The van der Waals surface area contributed by atoms with E-state index in [1.165, 1.54) is 52.2 Å². The van der Waals surface area contributed by atoms with Gasteiger partial charge in [0.1, 0.15) is 0 Å². The fourth-order valence-electron chi connectivity index (χ4n) is 3.53. The van der Waals surface area contributed by atoms with E-state index in [0.29, 0.717) is 5.54 Å². The van der Waals surface area contributed by atoms with Gasteiger partial charge in [0.15, 0.2) is 0 Å². The zero-order valence-corrected chi connectivity index (χ0v) is 16.4. The first kappa shape index (κ1) is 19.2. The lowest BCUT2D eigenvalue weighted by molar-refractivity contribution is -0.0295.